The second-order valence-corrected chi connectivity index (χ2v) is 6.80. The highest BCUT2D eigenvalue weighted by Crippen LogP contribution is 2.29. The third kappa shape index (κ3) is 4.62. The fourth-order valence-corrected chi connectivity index (χ4v) is 3.42. The highest BCUT2D eigenvalue weighted by Gasteiger charge is 2.10. The lowest BCUT2D eigenvalue weighted by Crippen LogP contribution is -2.15. The van der Waals surface area contributed by atoms with E-state index in [9.17, 15) is 9.59 Å². The van der Waals surface area contributed by atoms with Crippen molar-refractivity contribution in [1.29, 1.82) is 0 Å². The molecule has 0 atom stereocenters. The molecular formula is C20H20N2O4S. The summed E-state index contributed by atoms with van der Waals surface area (Å²) in [5.41, 5.74) is 2.12. The van der Waals surface area contributed by atoms with Crippen LogP contribution in [0.15, 0.2) is 53.3 Å². The van der Waals surface area contributed by atoms with Gasteiger partial charge in [-0.1, -0.05) is 12.1 Å². The van der Waals surface area contributed by atoms with Gasteiger partial charge in [-0.05, 0) is 24.3 Å². The van der Waals surface area contributed by atoms with E-state index < -0.39 is 0 Å². The quantitative estimate of drug-likeness (QED) is 0.652. The van der Waals surface area contributed by atoms with E-state index in [4.69, 9.17) is 9.47 Å². The lowest BCUT2D eigenvalue weighted by molar-refractivity contribution is -0.113. The molecule has 0 unspecified atom stereocenters. The van der Waals surface area contributed by atoms with Gasteiger partial charge in [-0.15, -0.1) is 11.8 Å². The number of anilines is 1. The molecule has 1 amide bonds. The maximum atomic E-state index is 12.2. The average molecular weight is 384 g/mol. The maximum absolute atomic E-state index is 12.2. The standard InChI is InChI=1S/C20H20N2O4S/c1-25-14-7-8-19(26-2)17(10-14)22-20(24)12-27-11-13-9-18(23)15-5-3-4-6-16(15)21-13/h3-10H,11-12H2,1-2H3,(H,21,23)(H,22,24). The van der Waals surface area contributed by atoms with Crippen LogP contribution < -0.4 is 20.2 Å². The van der Waals surface area contributed by atoms with Crippen LogP contribution in [0.4, 0.5) is 5.69 Å². The molecule has 0 saturated carbocycles. The Hall–Kier alpha value is -2.93. The Labute approximate surface area is 160 Å². The number of carbonyl (C=O) groups is 1. The molecule has 2 N–H and O–H groups in total. The van der Waals surface area contributed by atoms with Gasteiger partial charge in [-0.25, -0.2) is 0 Å². The average Bonchev–Trinajstić information content (AvgIpc) is 2.68. The highest BCUT2D eigenvalue weighted by atomic mass is 32.2. The number of pyridine rings is 1. The minimum absolute atomic E-state index is 0.0227. The number of fused-ring (bicyclic) bond motifs is 1. The molecule has 0 aliphatic rings. The summed E-state index contributed by atoms with van der Waals surface area (Å²) >= 11 is 1.42. The number of carbonyl (C=O) groups excluding carboxylic acids is 1. The lowest BCUT2D eigenvalue weighted by Gasteiger charge is -2.11. The number of amides is 1. The first kappa shape index (κ1) is 18.8. The third-order valence-electron chi connectivity index (χ3n) is 3.96. The van der Waals surface area contributed by atoms with E-state index in [2.05, 4.69) is 10.3 Å². The van der Waals surface area contributed by atoms with Crippen LogP contribution in [0, 0.1) is 0 Å². The van der Waals surface area contributed by atoms with Crippen molar-refractivity contribution in [3.05, 3.63) is 64.4 Å². The second kappa shape index (κ2) is 8.64. The van der Waals surface area contributed by atoms with Crippen LogP contribution in [0.3, 0.4) is 0 Å². The lowest BCUT2D eigenvalue weighted by atomic mass is 10.2. The summed E-state index contributed by atoms with van der Waals surface area (Å²) in [7, 11) is 3.11. The van der Waals surface area contributed by atoms with Crippen molar-refractivity contribution >= 4 is 34.3 Å². The molecule has 7 heteroatoms. The highest BCUT2D eigenvalue weighted by molar-refractivity contribution is 7.99. The number of methoxy groups -OCH3 is 2. The van der Waals surface area contributed by atoms with Gasteiger partial charge in [0.15, 0.2) is 5.43 Å². The van der Waals surface area contributed by atoms with Gasteiger partial charge in [0.05, 0.1) is 25.7 Å². The molecule has 0 aliphatic heterocycles. The monoisotopic (exact) mass is 384 g/mol. The molecule has 0 fully saturated rings. The number of aromatic nitrogens is 1. The van der Waals surface area contributed by atoms with Gasteiger partial charge in [0, 0.05) is 34.5 Å². The molecule has 0 saturated heterocycles. The van der Waals surface area contributed by atoms with Gasteiger partial charge < -0.3 is 19.8 Å². The van der Waals surface area contributed by atoms with Crippen LogP contribution in [0.25, 0.3) is 10.9 Å². The summed E-state index contributed by atoms with van der Waals surface area (Å²) < 4.78 is 10.4. The van der Waals surface area contributed by atoms with Crippen LogP contribution in [0.2, 0.25) is 0 Å². The number of para-hydroxylation sites is 1. The zero-order chi connectivity index (χ0) is 19.2. The minimum Gasteiger partial charge on any atom is -0.497 e. The number of hydrogen-bond acceptors (Lipinski definition) is 5. The van der Waals surface area contributed by atoms with Gasteiger partial charge >= 0.3 is 0 Å². The summed E-state index contributed by atoms with van der Waals surface area (Å²) in [6, 6.07) is 14.2. The van der Waals surface area contributed by atoms with Gasteiger partial charge in [0.25, 0.3) is 0 Å². The number of nitrogens with one attached hydrogen (secondary N) is 2. The third-order valence-corrected chi connectivity index (χ3v) is 4.95. The van der Waals surface area contributed by atoms with Crippen molar-refractivity contribution < 1.29 is 14.3 Å². The van der Waals surface area contributed by atoms with E-state index in [-0.39, 0.29) is 17.1 Å². The largest absolute Gasteiger partial charge is 0.497 e. The second-order valence-electron chi connectivity index (χ2n) is 5.81. The normalized spacial score (nSPS) is 10.6. The Bertz CT molecular complexity index is 1020. The first-order valence-electron chi connectivity index (χ1n) is 8.31. The van der Waals surface area contributed by atoms with Crippen LogP contribution in [-0.4, -0.2) is 30.9 Å². The molecule has 6 nitrogen and oxygen atoms in total. The molecule has 1 aromatic heterocycles. The Balaban J connectivity index is 1.61. The molecule has 0 spiro atoms. The molecule has 140 valence electrons. The SMILES string of the molecule is COc1ccc(OC)c(NC(=O)CSCc2cc(=O)c3ccccc3[nH]2)c1. The smallest absolute Gasteiger partial charge is 0.234 e. The van der Waals surface area contributed by atoms with Crippen LogP contribution in [0.1, 0.15) is 5.69 Å². The zero-order valence-electron chi connectivity index (χ0n) is 15.1. The van der Waals surface area contributed by atoms with Crippen LogP contribution >= 0.6 is 11.8 Å². The summed E-state index contributed by atoms with van der Waals surface area (Å²) in [6.07, 6.45) is 0. The Morgan fingerprint density at radius 2 is 1.93 bits per heavy atom. The number of thioether (sulfide) groups is 1. The summed E-state index contributed by atoms with van der Waals surface area (Å²) in [5, 5.41) is 3.49. The summed E-state index contributed by atoms with van der Waals surface area (Å²) in [4.78, 5) is 27.6. The molecule has 0 bridgehead atoms. The number of H-pyrrole nitrogens is 1. The Kier molecular flexibility index (Phi) is 6.03. The fraction of sp³-hybridized carbons (Fsp3) is 0.200. The van der Waals surface area contributed by atoms with Crippen molar-refractivity contribution in [2.24, 2.45) is 0 Å². The van der Waals surface area contributed by atoms with Crippen molar-refractivity contribution in [1.82, 2.24) is 4.98 Å². The first-order valence-corrected chi connectivity index (χ1v) is 9.46. The molecule has 3 aromatic rings. The van der Waals surface area contributed by atoms with Crippen molar-refractivity contribution in [2.45, 2.75) is 5.75 Å². The van der Waals surface area contributed by atoms with Crippen molar-refractivity contribution in [3.8, 4) is 11.5 Å². The maximum Gasteiger partial charge on any atom is 0.234 e. The molecule has 27 heavy (non-hydrogen) atoms. The molecule has 2 aromatic carbocycles. The van der Waals surface area contributed by atoms with E-state index in [0.29, 0.717) is 28.3 Å². The van der Waals surface area contributed by atoms with Gasteiger partial charge in [0.2, 0.25) is 5.91 Å². The predicted octanol–water partition coefficient (Wildman–Crippen LogP) is 3.42. The number of aromatic amines is 1. The summed E-state index contributed by atoms with van der Waals surface area (Å²) in [5.74, 6) is 1.81. The van der Waals surface area contributed by atoms with E-state index in [0.717, 1.165) is 11.2 Å². The van der Waals surface area contributed by atoms with E-state index >= 15 is 0 Å². The molecule has 0 aliphatic carbocycles. The van der Waals surface area contributed by atoms with Crippen LogP contribution in [-0.2, 0) is 10.5 Å². The molecule has 0 radical (unpaired) electrons. The Morgan fingerprint density at radius 3 is 2.70 bits per heavy atom. The van der Waals surface area contributed by atoms with Crippen LogP contribution in [0.5, 0.6) is 11.5 Å². The number of rotatable bonds is 7. The minimum atomic E-state index is -0.158. The van der Waals surface area contributed by atoms with E-state index in [1.807, 2.05) is 18.2 Å². The van der Waals surface area contributed by atoms with Crippen molar-refractivity contribution in [2.75, 3.05) is 25.3 Å². The van der Waals surface area contributed by atoms with Crippen molar-refractivity contribution in [3.63, 3.8) is 0 Å². The first-order chi connectivity index (χ1) is 13.1. The number of benzene rings is 2. The van der Waals surface area contributed by atoms with Gasteiger partial charge in [-0.2, -0.15) is 0 Å². The summed E-state index contributed by atoms with van der Waals surface area (Å²) in [6.45, 7) is 0. The van der Waals surface area contributed by atoms with E-state index in [1.54, 1.807) is 44.6 Å². The van der Waals surface area contributed by atoms with E-state index in [1.165, 1.54) is 11.8 Å². The topological polar surface area (TPSA) is 80.4 Å². The number of hydrogen-bond donors (Lipinski definition) is 2. The zero-order valence-corrected chi connectivity index (χ0v) is 15.9. The Morgan fingerprint density at radius 1 is 1.11 bits per heavy atom. The van der Waals surface area contributed by atoms with Gasteiger partial charge in [0.1, 0.15) is 11.5 Å². The molecule has 3 rings (SSSR count). The predicted molar refractivity (Wildman–Crippen MR) is 109 cm³/mol. The number of ether oxygens (including phenoxy) is 2. The molecule has 1 heterocycles. The molecular weight excluding hydrogens is 364 g/mol. The fourth-order valence-electron chi connectivity index (χ4n) is 2.68. The van der Waals surface area contributed by atoms with Gasteiger partial charge in [-0.3, -0.25) is 9.59 Å².